The fraction of sp³-hybridized carbons (Fsp3) is 0.333. The molecule has 0 aliphatic carbocycles. The second-order valence-corrected chi connectivity index (χ2v) is 8.36. The van der Waals surface area contributed by atoms with Crippen LogP contribution in [0.4, 0.5) is 0 Å². The summed E-state index contributed by atoms with van der Waals surface area (Å²) < 4.78 is 31.5. The first kappa shape index (κ1) is 19.1. The zero-order valence-corrected chi connectivity index (χ0v) is 15.3. The molecule has 1 aliphatic rings. The van der Waals surface area contributed by atoms with Crippen molar-refractivity contribution < 1.29 is 27.5 Å². The van der Waals surface area contributed by atoms with E-state index in [0.717, 1.165) is 17.9 Å². The number of sulfonamides is 1. The lowest BCUT2D eigenvalue weighted by molar-refractivity contribution is 0.0695. The van der Waals surface area contributed by atoms with E-state index in [1.807, 2.05) is 6.07 Å². The molecule has 1 aromatic carbocycles. The number of rotatable bonds is 6. The molecule has 0 spiro atoms. The molecule has 27 heavy (non-hydrogen) atoms. The van der Waals surface area contributed by atoms with Crippen molar-refractivity contribution in [3.63, 3.8) is 0 Å². The van der Waals surface area contributed by atoms with Gasteiger partial charge in [-0.2, -0.15) is 0 Å². The summed E-state index contributed by atoms with van der Waals surface area (Å²) in [5.41, 5.74) is 0.641. The summed E-state index contributed by atoms with van der Waals surface area (Å²) in [5, 5.41) is 11.6. The van der Waals surface area contributed by atoms with Crippen LogP contribution in [0, 0.1) is 0 Å². The van der Waals surface area contributed by atoms with Crippen LogP contribution in [0.3, 0.4) is 0 Å². The summed E-state index contributed by atoms with van der Waals surface area (Å²) in [6.45, 7) is 0.636. The maximum absolute atomic E-state index is 12.5. The molecule has 0 radical (unpaired) electrons. The van der Waals surface area contributed by atoms with E-state index in [-0.39, 0.29) is 23.1 Å². The standard InChI is InChI=1S/C18H20N2O6S/c21-17(16-10-14(11-26-16)18(22)23)19-15-6-8-20(9-7-15)27(24,25)12-13-4-2-1-3-5-13/h1-5,10-11,15H,6-9,12H2,(H,19,21)(H,22,23). The Bertz CT molecular complexity index is 914. The molecule has 1 saturated heterocycles. The second-order valence-electron chi connectivity index (χ2n) is 6.39. The van der Waals surface area contributed by atoms with Crippen molar-refractivity contribution in [2.75, 3.05) is 13.1 Å². The van der Waals surface area contributed by atoms with Crippen LogP contribution in [0.1, 0.15) is 39.3 Å². The number of furan rings is 1. The zero-order valence-electron chi connectivity index (χ0n) is 14.5. The number of nitrogens with zero attached hydrogens (tertiary/aromatic N) is 1. The minimum atomic E-state index is -3.41. The molecular formula is C18H20N2O6S. The maximum Gasteiger partial charge on any atom is 0.338 e. The fourth-order valence-electron chi connectivity index (χ4n) is 2.98. The van der Waals surface area contributed by atoms with Crippen LogP contribution < -0.4 is 5.32 Å². The van der Waals surface area contributed by atoms with Crippen LogP contribution in [0.5, 0.6) is 0 Å². The van der Waals surface area contributed by atoms with E-state index in [1.54, 1.807) is 24.3 Å². The van der Waals surface area contributed by atoms with Gasteiger partial charge in [-0.15, -0.1) is 0 Å². The van der Waals surface area contributed by atoms with E-state index in [1.165, 1.54) is 4.31 Å². The van der Waals surface area contributed by atoms with Crippen LogP contribution in [0.25, 0.3) is 0 Å². The first-order valence-corrected chi connectivity index (χ1v) is 10.1. The van der Waals surface area contributed by atoms with Gasteiger partial charge in [0.05, 0.1) is 11.3 Å². The molecule has 0 bridgehead atoms. The molecule has 3 rings (SSSR count). The van der Waals surface area contributed by atoms with Gasteiger partial charge in [0, 0.05) is 25.2 Å². The number of aromatic carboxylic acids is 1. The van der Waals surface area contributed by atoms with Crippen molar-refractivity contribution in [3.8, 4) is 0 Å². The topological polar surface area (TPSA) is 117 Å². The summed E-state index contributed by atoms with van der Waals surface area (Å²) in [4.78, 5) is 23.0. The predicted molar refractivity (Wildman–Crippen MR) is 96.8 cm³/mol. The Morgan fingerprint density at radius 3 is 2.44 bits per heavy atom. The van der Waals surface area contributed by atoms with E-state index in [9.17, 15) is 18.0 Å². The Kier molecular flexibility index (Phi) is 5.62. The summed E-state index contributed by atoms with van der Waals surface area (Å²) >= 11 is 0. The highest BCUT2D eigenvalue weighted by atomic mass is 32.2. The van der Waals surface area contributed by atoms with E-state index in [0.29, 0.717) is 25.9 Å². The predicted octanol–water partition coefficient (Wildman–Crippen LogP) is 1.70. The number of hydrogen-bond donors (Lipinski definition) is 2. The molecule has 2 aromatic rings. The monoisotopic (exact) mass is 392 g/mol. The molecule has 1 fully saturated rings. The number of benzene rings is 1. The van der Waals surface area contributed by atoms with E-state index >= 15 is 0 Å². The Morgan fingerprint density at radius 1 is 1.19 bits per heavy atom. The Balaban J connectivity index is 1.53. The van der Waals surface area contributed by atoms with Gasteiger partial charge in [-0.3, -0.25) is 4.79 Å². The van der Waals surface area contributed by atoms with Crippen molar-refractivity contribution >= 4 is 21.9 Å². The molecule has 0 saturated carbocycles. The van der Waals surface area contributed by atoms with Crippen LogP contribution in [0.2, 0.25) is 0 Å². The number of nitrogens with one attached hydrogen (secondary N) is 1. The summed E-state index contributed by atoms with van der Waals surface area (Å²) in [6.07, 6.45) is 1.97. The number of carboxylic acids is 1. The first-order valence-electron chi connectivity index (χ1n) is 8.49. The van der Waals surface area contributed by atoms with Crippen LogP contribution in [-0.2, 0) is 15.8 Å². The average Bonchev–Trinajstić information content (AvgIpc) is 3.13. The molecule has 1 amide bonds. The quantitative estimate of drug-likeness (QED) is 0.773. The lowest BCUT2D eigenvalue weighted by atomic mass is 10.1. The van der Waals surface area contributed by atoms with Crippen LogP contribution >= 0.6 is 0 Å². The van der Waals surface area contributed by atoms with E-state index < -0.39 is 21.9 Å². The molecule has 0 unspecified atom stereocenters. The van der Waals surface area contributed by atoms with Crippen molar-refractivity contribution in [3.05, 3.63) is 59.5 Å². The SMILES string of the molecule is O=C(O)c1coc(C(=O)NC2CCN(S(=O)(=O)Cc3ccccc3)CC2)c1. The number of carboxylic acid groups (broad SMARTS) is 1. The molecule has 144 valence electrons. The van der Waals surface area contributed by atoms with Gasteiger partial charge < -0.3 is 14.8 Å². The fourth-order valence-corrected chi connectivity index (χ4v) is 4.54. The Labute approximate surface area is 156 Å². The summed E-state index contributed by atoms with van der Waals surface area (Å²) in [7, 11) is -3.41. The molecule has 1 aromatic heterocycles. The molecule has 2 heterocycles. The van der Waals surface area contributed by atoms with Gasteiger partial charge in [-0.05, 0) is 18.4 Å². The molecule has 9 heteroatoms. The Morgan fingerprint density at radius 2 is 1.85 bits per heavy atom. The number of carbonyl (C=O) groups excluding carboxylic acids is 1. The van der Waals surface area contributed by atoms with Gasteiger partial charge in [-0.1, -0.05) is 30.3 Å². The third-order valence-corrected chi connectivity index (χ3v) is 6.29. The molecule has 1 aliphatic heterocycles. The summed E-state index contributed by atoms with van der Waals surface area (Å²) in [5.74, 6) is -1.80. The highest BCUT2D eigenvalue weighted by molar-refractivity contribution is 7.88. The number of hydrogen-bond acceptors (Lipinski definition) is 5. The number of carbonyl (C=O) groups is 2. The molecule has 2 N–H and O–H groups in total. The second kappa shape index (κ2) is 7.93. The highest BCUT2D eigenvalue weighted by Crippen LogP contribution is 2.18. The van der Waals surface area contributed by atoms with Gasteiger partial charge in [-0.25, -0.2) is 17.5 Å². The van der Waals surface area contributed by atoms with Crippen molar-refractivity contribution in [1.82, 2.24) is 9.62 Å². The van der Waals surface area contributed by atoms with E-state index in [2.05, 4.69) is 5.32 Å². The summed E-state index contributed by atoms with van der Waals surface area (Å²) in [6, 6.07) is 9.96. The first-order chi connectivity index (χ1) is 12.8. The van der Waals surface area contributed by atoms with Crippen molar-refractivity contribution in [2.45, 2.75) is 24.6 Å². The van der Waals surface area contributed by atoms with Crippen LogP contribution in [-0.4, -0.2) is 48.8 Å². The van der Waals surface area contributed by atoms with Gasteiger partial charge in [0.2, 0.25) is 10.0 Å². The minimum absolute atomic E-state index is 0.0464. The van der Waals surface area contributed by atoms with Crippen molar-refractivity contribution in [1.29, 1.82) is 0 Å². The minimum Gasteiger partial charge on any atom is -0.478 e. The van der Waals surface area contributed by atoms with Gasteiger partial charge in [0.15, 0.2) is 5.76 Å². The Hall–Kier alpha value is -2.65. The lowest BCUT2D eigenvalue weighted by Crippen LogP contribution is -2.46. The normalized spacial score (nSPS) is 16.1. The van der Waals surface area contributed by atoms with Crippen molar-refractivity contribution in [2.24, 2.45) is 0 Å². The third-order valence-electron chi connectivity index (χ3n) is 4.44. The molecular weight excluding hydrogens is 372 g/mol. The number of piperidine rings is 1. The smallest absolute Gasteiger partial charge is 0.338 e. The van der Waals surface area contributed by atoms with Crippen LogP contribution in [0.15, 0.2) is 47.1 Å². The molecule has 8 nitrogen and oxygen atoms in total. The van der Waals surface area contributed by atoms with E-state index in [4.69, 9.17) is 9.52 Å². The number of amides is 1. The average molecular weight is 392 g/mol. The molecule has 0 atom stereocenters. The highest BCUT2D eigenvalue weighted by Gasteiger charge is 2.29. The van der Waals surface area contributed by atoms with Gasteiger partial charge in [0.25, 0.3) is 5.91 Å². The van der Waals surface area contributed by atoms with Gasteiger partial charge in [0.1, 0.15) is 6.26 Å². The lowest BCUT2D eigenvalue weighted by Gasteiger charge is -2.31. The third kappa shape index (κ3) is 4.75. The zero-order chi connectivity index (χ0) is 19.4. The maximum atomic E-state index is 12.5. The largest absolute Gasteiger partial charge is 0.478 e. The van der Waals surface area contributed by atoms with Gasteiger partial charge >= 0.3 is 5.97 Å².